The highest BCUT2D eigenvalue weighted by atomic mass is 16.5. The summed E-state index contributed by atoms with van der Waals surface area (Å²) in [5.41, 5.74) is 1.63. The van der Waals surface area contributed by atoms with E-state index >= 15 is 0 Å². The van der Waals surface area contributed by atoms with E-state index in [0.29, 0.717) is 29.1 Å². The second-order valence-corrected chi connectivity index (χ2v) is 4.64. The van der Waals surface area contributed by atoms with E-state index in [4.69, 9.17) is 4.74 Å². The van der Waals surface area contributed by atoms with Crippen molar-refractivity contribution in [1.29, 1.82) is 0 Å². The predicted molar refractivity (Wildman–Crippen MR) is 86.3 cm³/mol. The fourth-order valence-corrected chi connectivity index (χ4v) is 1.91. The third-order valence-electron chi connectivity index (χ3n) is 3.09. The maximum Gasteiger partial charge on any atom is 0.255 e. The van der Waals surface area contributed by atoms with Crippen molar-refractivity contribution in [1.82, 2.24) is 0 Å². The summed E-state index contributed by atoms with van der Waals surface area (Å²) < 4.78 is 5.20. The van der Waals surface area contributed by atoms with E-state index in [2.05, 4.69) is 10.6 Å². The first-order valence-electron chi connectivity index (χ1n) is 6.98. The molecule has 0 spiro atoms. The molecule has 0 fully saturated rings. The Labute approximate surface area is 129 Å². The van der Waals surface area contributed by atoms with Gasteiger partial charge in [-0.15, -0.1) is 0 Å². The largest absolute Gasteiger partial charge is 0.495 e. The molecule has 5 heteroatoms. The first-order valence-corrected chi connectivity index (χ1v) is 6.98. The number of rotatable bonds is 5. The molecule has 0 radical (unpaired) electrons. The van der Waals surface area contributed by atoms with Crippen LogP contribution in [-0.4, -0.2) is 18.9 Å². The number of carbonyl (C=O) groups is 2. The first kappa shape index (κ1) is 15.6. The van der Waals surface area contributed by atoms with Crippen LogP contribution in [-0.2, 0) is 4.79 Å². The summed E-state index contributed by atoms with van der Waals surface area (Å²) in [4.78, 5) is 23.8. The number of carbonyl (C=O) groups excluding carboxylic acids is 2. The molecule has 0 aliphatic carbocycles. The van der Waals surface area contributed by atoms with E-state index in [0.717, 1.165) is 0 Å². The van der Waals surface area contributed by atoms with Gasteiger partial charge in [-0.1, -0.05) is 25.1 Å². The number of amides is 2. The van der Waals surface area contributed by atoms with Crippen LogP contribution in [0.15, 0.2) is 48.5 Å². The van der Waals surface area contributed by atoms with Gasteiger partial charge in [-0.05, 0) is 30.3 Å². The van der Waals surface area contributed by atoms with Crippen molar-refractivity contribution < 1.29 is 14.3 Å². The van der Waals surface area contributed by atoms with E-state index in [1.807, 2.05) is 18.2 Å². The Morgan fingerprint density at radius 3 is 2.41 bits per heavy atom. The van der Waals surface area contributed by atoms with Gasteiger partial charge < -0.3 is 15.4 Å². The molecule has 5 nitrogen and oxygen atoms in total. The third-order valence-corrected chi connectivity index (χ3v) is 3.09. The molecule has 2 aromatic rings. The summed E-state index contributed by atoms with van der Waals surface area (Å²) in [6.45, 7) is 1.76. The SMILES string of the molecule is CCC(=O)Nc1cc(C(=O)Nc2ccccc2)ccc1OC. The third kappa shape index (κ3) is 3.85. The minimum absolute atomic E-state index is 0.140. The second-order valence-electron chi connectivity index (χ2n) is 4.64. The molecule has 2 N–H and O–H groups in total. The van der Waals surface area contributed by atoms with Gasteiger partial charge in [-0.25, -0.2) is 0 Å². The standard InChI is InChI=1S/C17H18N2O3/c1-3-16(20)19-14-11-12(9-10-15(14)22-2)17(21)18-13-7-5-4-6-8-13/h4-11H,3H2,1-2H3,(H,18,21)(H,19,20). The van der Waals surface area contributed by atoms with Gasteiger partial charge in [0.2, 0.25) is 5.91 Å². The molecule has 0 atom stereocenters. The molecule has 0 aliphatic heterocycles. The van der Waals surface area contributed by atoms with Gasteiger partial charge in [0, 0.05) is 17.7 Å². The molecular weight excluding hydrogens is 280 g/mol. The summed E-state index contributed by atoms with van der Waals surface area (Å²) in [6.07, 6.45) is 0.351. The topological polar surface area (TPSA) is 67.4 Å². The highest BCUT2D eigenvalue weighted by Crippen LogP contribution is 2.26. The number of para-hydroxylation sites is 1. The molecule has 0 unspecified atom stereocenters. The van der Waals surface area contributed by atoms with Gasteiger partial charge in [0.25, 0.3) is 5.91 Å². The minimum Gasteiger partial charge on any atom is -0.495 e. The number of hydrogen-bond acceptors (Lipinski definition) is 3. The maximum absolute atomic E-state index is 12.3. The van der Waals surface area contributed by atoms with E-state index in [9.17, 15) is 9.59 Å². The van der Waals surface area contributed by atoms with Crippen molar-refractivity contribution in [2.75, 3.05) is 17.7 Å². The Kier molecular flexibility index (Phi) is 5.14. The second kappa shape index (κ2) is 7.26. The van der Waals surface area contributed by atoms with Gasteiger partial charge in [0.05, 0.1) is 12.8 Å². The Bertz CT molecular complexity index is 669. The Hall–Kier alpha value is -2.82. The summed E-state index contributed by atoms with van der Waals surface area (Å²) in [5.74, 6) is 0.123. The smallest absolute Gasteiger partial charge is 0.255 e. The van der Waals surface area contributed by atoms with Crippen molar-refractivity contribution in [2.45, 2.75) is 13.3 Å². The van der Waals surface area contributed by atoms with Crippen LogP contribution < -0.4 is 15.4 Å². The zero-order valence-electron chi connectivity index (χ0n) is 12.6. The number of nitrogens with one attached hydrogen (secondary N) is 2. The molecule has 0 aliphatic rings. The maximum atomic E-state index is 12.3. The Balaban J connectivity index is 2.22. The van der Waals surface area contributed by atoms with E-state index in [-0.39, 0.29) is 11.8 Å². The lowest BCUT2D eigenvalue weighted by molar-refractivity contribution is -0.115. The fraction of sp³-hybridized carbons (Fsp3) is 0.176. The predicted octanol–water partition coefficient (Wildman–Crippen LogP) is 3.30. The van der Waals surface area contributed by atoms with Gasteiger partial charge in [-0.2, -0.15) is 0 Å². The van der Waals surface area contributed by atoms with Gasteiger partial charge in [0.1, 0.15) is 5.75 Å². The van der Waals surface area contributed by atoms with Gasteiger partial charge in [0.15, 0.2) is 0 Å². The molecule has 0 saturated carbocycles. The normalized spacial score (nSPS) is 9.91. The molecule has 2 aromatic carbocycles. The fourth-order valence-electron chi connectivity index (χ4n) is 1.91. The van der Waals surface area contributed by atoms with Crippen LogP contribution in [0.4, 0.5) is 11.4 Å². The molecular formula is C17H18N2O3. The number of benzene rings is 2. The lowest BCUT2D eigenvalue weighted by atomic mass is 10.1. The Morgan fingerprint density at radius 1 is 1.05 bits per heavy atom. The highest BCUT2D eigenvalue weighted by molar-refractivity contribution is 6.05. The van der Waals surface area contributed by atoms with Crippen molar-refractivity contribution in [2.24, 2.45) is 0 Å². The first-order chi connectivity index (χ1) is 10.6. The lowest BCUT2D eigenvalue weighted by Crippen LogP contribution is -2.14. The Morgan fingerprint density at radius 2 is 1.77 bits per heavy atom. The summed E-state index contributed by atoms with van der Waals surface area (Å²) in [5, 5.41) is 5.52. The molecule has 22 heavy (non-hydrogen) atoms. The van der Waals surface area contributed by atoms with Crippen molar-refractivity contribution in [3.05, 3.63) is 54.1 Å². The van der Waals surface area contributed by atoms with Crippen molar-refractivity contribution >= 4 is 23.2 Å². The summed E-state index contributed by atoms with van der Waals surface area (Å²) >= 11 is 0. The summed E-state index contributed by atoms with van der Waals surface area (Å²) in [6, 6.07) is 14.1. The number of methoxy groups -OCH3 is 1. The number of hydrogen-bond donors (Lipinski definition) is 2. The molecule has 2 rings (SSSR count). The zero-order valence-corrected chi connectivity index (χ0v) is 12.6. The monoisotopic (exact) mass is 298 g/mol. The van der Waals surface area contributed by atoms with Crippen LogP contribution in [0.2, 0.25) is 0 Å². The van der Waals surface area contributed by atoms with Crippen LogP contribution in [0.5, 0.6) is 5.75 Å². The average Bonchev–Trinajstić information content (AvgIpc) is 2.55. The molecule has 0 saturated heterocycles. The van der Waals surface area contributed by atoms with Crippen molar-refractivity contribution in [3.63, 3.8) is 0 Å². The quantitative estimate of drug-likeness (QED) is 0.890. The van der Waals surface area contributed by atoms with Crippen molar-refractivity contribution in [3.8, 4) is 5.75 Å². The van der Waals surface area contributed by atoms with Gasteiger partial charge in [-0.3, -0.25) is 9.59 Å². The summed E-state index contributed by atoms with van der Waals surface area (Å²) in [7, 11) is 1.51. The minimum atomic E-state index is -0.249. The molecule has 0 aromatic heterocycles. The van der Waals surface area contributed by atoms with E-state index in [1.165, 1.54) is 7.11 Å². The number of ether oxygens (including phenoxy) is 1. The number of anilines is 2. The van der Waals surface area contributed by atoms with E-state index in [1.54, 1.807) is 37.3 Å². The van der Waals surface area contributed by atoms with E-state index < -0.39 is 0 Å². The molecule has 2 amide bonds. The van der Waals surface area contributed by atoms with Crippen LogP contribution in [0.25, 0.3) is 0 Å². The average molecular weight is 298 g/mol. The molecule has 0 heterocycles. The van der Waals surface area contributed by atoms with Crippen LogP contribution in [0, 0.1) is 0 Å². The van der Waals surface area contributed by atoms with Crippen LogP contribution in [0.1, 0.15) is 23.7 Å². The van der Waals surface area contributed by atoms with Crippen LogP contribution >= 0.6 is 0 Å². The lowest BCUT2D eigenvalue weighted by Gasteiger charge is -2.12. The van der Waals surface area contributed by atoms with Gasteiger partial charge >= 0.3 is 0 Å². The highest BCUT2D eigenvalue weighted by Gasteiger charge is 2.12. The molecule has 0 bridgehead atoms. The molecule has 114 valence electrons. The van der Waals surface area contributed by atoms with Crippen LogP contribution in [0.3, 0.4) is 0 Å². The zero-order chi connectivity index (χ0) is 15.9.